The van der Waals surface area contributed by atoms with Crippen molar-refractivity contribution in [3.63, 3.8) is 0 Å². The lowest BCUT2D eigenvalue weighted by Crippen LogP contribution is -2.30. The van der Waals surface area contributed by atoms with Crippen molar-refractivity contribution in [2.45, 2.75) is 19.3 Å². The van der Waals surface area contributed by atoms with Gasteiger partial charge in [-0.15, -0.1) is 0 Å². The number of hydrogen-bond donors (Lipinski definition) is 1. The second kappa shape index (κ2) is 10.7. The molecule has 0 bridgehead atoms. The summed E-state index contributed by atoms with van der Waals surface area (Å²) < 4.78 is 10.9. The van der Waals surface area contributed by atoms with Gasteiger partial charge in [-0.1, -0.05) is 6.08 Å². The van der Waals surface area contributed by atoms with Gasteiger partial charge in [-0.3, -0.25) is 14.6 Å². The first-order chi connectivity index (χ1) is 15.0. The molecule has 2 amide bonds. The lowest BCUT2D eigenvalue weighted by molar-refractivity contribution is 0.0765. The predicted octanol–water partition coefficient (Wildman–Crippen LogP) is 2.71. The topological polar surface area (TPSA) is 93.1 Å². The number of nitrogens with one attached hydrogen (secondary N) is 1. The Labute approximate surface area is 182 Å². The zero-order valence-corrected chi connectivity index (χ0v) is 18.1. The van der Waals surface area contributed by atoms with E-state index in [1.807, 2.05) is 24.4 Å². The summed E-state index contributed by atoms with van der Waals surface area (Å²) in [6.45, 7) is 1.46. The Balaban J connectivity index is 1.78. The minimum atomic E-state index is -0.337. The number of rotatable bonds is 4. The van der Waals surface area contributed by atoms with Gasteiger partial charge in [0, 0.05) is 46.1 Å². The number of hydrogen-bond acceptors (Lipinski definition) is 6. The van der Waals surface area contributed by atoms with Crippen molar-refractivity contribution in [3.05, 3.63) is 65.3 Å². The van der Waals surface area contributed by atoms with E-state index in [1.54, 1.807) is 27.3 Å². The van der Waals surface area contributed by atoms with Gasteiger partial charge in [0.25, 0.3) is 11.8 Å². The summed E-state index contributed by atoms with van der Waals surface area (Å²) in [5, 5.41) is 2.85. The summed E-state index contributed by atoms with van der Waals surface area (Å²) in [6, 6.07) is 3.12. The minimum Gasteiger partial charge on any atom is -0.497 e. The Kier molecular flexibility index (Phi) is 7.72. The van der Waals surface area contributed by atoms with Gasteiger partial charge in [0.1, 0.15) is 17.3 Å². The second-order valence-electron chi connectivity index (χ2n) is 7.53. The number of aromatic nitrogens is 1. The Hall–Kier alpha value is -3.26. The van der Waals surface area contributed by atoms with E-state index in [0.717, 1.165) is 31.6 Å². The van der Waals surface area contributed by atoms with E-state index in [0.29, 0.717) is 29.5 Å². The standard InChI is InChI=1S/C23H28N4O4/c1-27(2)23(29)20-8-5-18(15-24-20)22(28)26-21-9-7-19(30-3)6-4-17(14-25-21)16-10-12-31-13-11-16/h4-8,14-16H,9-13H2,1-3H3,(H,25,26,28)/b6-4?,17-14+,19-7?. The number of amidine groups is 1. The number of nitrogens with zero attached hydrogens (tertiary/aromatic N) is 3. The van der Waals surface area contributed by atoms with Crippen LogP contribution in [0.5, 0.6) is 0 Å². The predicted molar refractivity (Wildman–Crippen MR) is 118 cm³/mol. The van der Waals surface area contributed by atoms with E-state index in [4.69, 9.17) is 9.47 Å². The van der Waals surface area contributed by atoms with E-state index < -0.39 is 0 Å². The van der Waals surface area contributed by atoms with Gasteiger partial charge in [0.15, 0.2) is 0 Å². The molecule has 1 aromatic heterocycles. The number of carbonyl (C=O) groups excluding carboxylic acids is 2. The maximum atomic E-state index is 12.7. The fourth-order valence-corrected chi connectivity index (χ4v) is 3.29. The van der Waals surface area contributed by atoms with Gasteiger partial charge in [-0.2, -0.15) is 0 Å². The number of carbonyl (C=O) groups is 2. The zero-order chi connectivity index (χ0) is 22.2. The molecule has 2 aliphatic rings. The van der Waals surface area contributed by atoms with Gasteiger partial charge in [0.05, 0.1) is 12.7 Å². The van der Waals surface area contributed by atoms with Gasteiger partial charge in [-0.25, -0.2) is 4.99 Å². The molecule has 8 nitrogen and oxygen atoms in total. The average molecular weight is 425 g/mol. The minimum absolute atomic E-state index is 0.219. The van der Waals surface area contributed by atoms with Crippen LogP contribution in [0.2, 0.25) is 0 Å². The number of allylic oxidation sites excluding steroid dienone is 3. The van der Waals surface area contributed by atoms with Crippen molar-refractivity contribution in [1.29, 1.82) is 0 Å². The summed E-state index contributed by atoms with van der Waals surface area (Å²) in [6.07, 6.45) is 11.3. The zero-order valence-electron chi connectivity index (χ0n) is 18.1. The Morgan fingerprint density at radius 3 is 2.61 bits per heavy atom. The Morgan fingerprint density at radius 1 is 1.19 bits per heavy atom. The van der Waals surface area contributed by atoms with E-state index in [1.165, 1.54) is 17.2 Å². The summed E-state index contributed by atoms with van der Waals surface area (Å²) in [5.41, 5.74) is 1.71. The maximum absolute atomic E-state index is 12.7. The van der Waals surface area contributed by atoms with Crippen LogP contribution in [0.25, 0.3) is 0 Å². The van der Waals surface area contributed by atoms with Gasteiger partial charge >= 0.3 is 0 Å². The van der Waals surface area contributed by atoms with Crippen LogP contribution in [0.3, 0.4) is 0 Å². The molecule has 1 fully saturated rings. The lowest BCUT2D eigenvalue weighted by atomic mass is 9.91. The molecule has 0 saturated carbocycles. The third-order valence-corrected chi connectivity index (χ3v) is 5.14. The highest BCUT2D eigenvalue weighted by atomic mass is 16.5. The van der Waals surface area contributed by atoms with Gasteiger partial charge < -0.3 is 19.7 Å². The van der Waals surface area contributed by atoms with E-state index in [9.17, 15) is 9.59 Å². The molecule has 0 spiro atoms. The molecule has 0 atom stereocenters. The van der Waals surface area contributed by atoms with Crippen LogP contribution in [0.4, 0.5) is 0 Å². The third kappa shape index (κ3) is 6.11. The highest BCUT2D eigenvalue weighted by molar-refractivity contribution is 6.07. The summed E-state index contributed by atoms with van der Waals surface area (Å²) in [5.74, 6) is 1.00. The van der Waals surface area contributed by atoms with E-state index >= 15 is 0 Å². The molecule has 0 aliphatic carbocycles. The van der Waals surface area contributed by atoms with E-state index in [-0.39, 0.29) is 17.5 Å². The first-order valence-corrected chi connectivity index (χ1v) is 10.2. The molecule has 164 valence electrons. The van der Waals surface area contributed by atoms with Crippen LogP contribution in [0, 0.1) is 5.92 Å². The van der Waals surface area contributed by atoms with Crippen LogP contribution in [-0.4, -0.2) is 62.0 Å². The molecule has 0 aromatic carbocycles. The smallest absolute Gasteiger partial charge is 0.271 e. The van der Waals surface area contributed by atoms with Crippen LogP contribution in [0.1, 0.15) is 40.1 Å². The number of methoxy groups -OCH3 is 1. The van der Waals surface area contributed by atoms with Crippen LogP contribution in [0.15, 0.2) is 59.1 Å². The number of ether oxygens (including phenoxy) is 2. The lowest BCUT2D eigenvalue weighted by Gasteiger charge is -2.22. The molecular weight excluding hydrogens is 396 g/mol. The maximum Gasteiger partial charge on any atom is 0.271 e. The molecule has 3 rings (SSSR count). The molecule has 1 saturated heterocycles. The SMILES string of the molecule is COC1=CCC(NC(=O)c2ccc(C(=O)N(C)C)nc2)=N/C=C(/C2CCOCC2)C=C1. The molecule has 1 N–H and O–H groups in total. The van der Waals surface area contributed by atoms with Crippen molar-refractivity contribution >= 4 is 17.6 Å². The number of aliphatic imine (C=N–C) groups is 1. The Bertz CT molecular complexity index is 923. The van der Waals surface area contributed by atoms with Crippen LogP contribution >= 0.6 is 0 Å². The van der Waals surface area contributed by atoms with Crippen LogP contribution in [-0.2, 0) is 9.47 Å². The number of pyridine rings is 1. The normalized spacial score (nSPS) is 19.0. The fourth-order valence-electron chi connectivity index (χ4n) is 3.29. The molecule has 0 radical (unpaired) electrons. The summed E-state index contributed by atoms with van der Waals surface area (Å²) in [7, 11) is 4.92. The molecule has 8 heteroatoms. The molecule has 1 aromatic rings. The average Bonchev–Trinajstić information content (AvgIpc) is 2.90. The largest absolute Gasteiger partial charge is 0.497 e. The van der Waals surface area contributed by atoms with Gasteiger partial charge in [-0.05, 0) is 48.6 Å². The quantitative estimate of drug-likeness (QED) is 0.802. The third-order valence-electron chi connectivity index (χ3n) is 5.14. The molecule has 3 heterocycles. The highest BCUT2D eigenvalue weighted by Gasteiger charge is 2.18. The fraction of sp³-hybridized carbons (Fsp3) is 0.391. The van der Waals surface area contributed by atoms with Crippen molar-refractivity contribution in [3.8, 4) is 0 Å². The van der Waals surface area contributed by atoms with E-state index in [2.05, 4.69) is 15.3 Å². The first-order valence-electron chi connectivity index (χ1n) is 10.2. The Morgan fingerprint density at radius 2 is 1.97 bits per heavy atom. The summed E-state index contributed by atoms with van der Waals surface area (Å²) in [4.78, 5) is 34.8. The molecule has 2 aliphatic heterocycles. The first kappa shape index (κ1) is 22.4. The molecule has 31 heavy (non-hydrogen) atoms. The monoisotopic (exact) mass is 424 g/mol. The second-order valence-corrected chi connectivity index (χ2v) is 7.53. The van der Waals surface area contributed by atoms with Crippen molar-refractivity contribution in [2.24, 2.45) is 10.9 Å². The van der Waals surface area contributed by atoms with Crippen molar-refractivity contribution < 1.29 is 19.1 Å². The van der Waals surface area contributed by atoms with Gasteiger partial charge in [0.2, 0.25) is 0 Å². The molecule has 0 unspecified atom stereocenters. The molecular formula is C23H28N4O4. The summed E-state index contributed by atoms with van der Waals surface area (Å²) >= 11 is 0. The number of amides is 2. The van der Waals surface area contributed by atoms with Crippen LogP contribution < -0.4 is 5.32 Å². The van der Waals surface area contributed by atoms with Crippen molar-refractivity contribution in [1.82, 2.24) is 15.2 Å². The highest BCUT2D eigenvalue weighted by Crippen LogP contribution is 2.25. The van der Waals surface area contributed by atoms with Crippen molar-refractivity contribution in [2.75, 3.05) is 34.4 Å².